The van der Waals surface area contributed by atoms with Crippen molar-refractivity contribution in [2.75, 3.05) is 6.54 Å². The lowest BCUT2D eigenvalue weighted by Crippen LogP contribution is -2.51. The second kappa shape index (κ2) is 5.74. The van der Waals surface area contributed by atoms with Crippen LogP contribution < -0.4 is 5.32 Å². The van der Waals surface area contributed by atoms with E-state index in [1.54, 1.807) is 11.3 Å². The molecule has 1 aliphatic carbocycles. The molecule has 1 aromatic carbocycles. The maximum Gasteiger partial charge on any atom is 0.0852 e. The van der Waals surface area contributed by atoms with Crippen LogP contribution in [0.4, 0.5) is 0 Å². The molecule has 1 fully saturated rings. The van der Waals surface area contributed by atoms with Crippen molar-refractivity contribution in [1.29, 1.82) is 5.26 Å². The highest BCUT2D eigenvalue weighted by Gasteiger charge is 2.45. The molecule has 20 heavy (non-hydrogen) atoms. The van der Waals surface area contributed by atoms with Gasteiger partial charge in [0.2, 0.25) is 0 Å². The summed E-state index contributed by atoms with van der Waals surface area (Å²) in [5, 5.41) is 15.1. The van der Waals surface area contributed by atoms with Crippen molar-refractivity contribution in [3.63, 3.8) is 0 Å². The van der Waals surface area contributed by atoms with Gasteiger partial charge in [-0.1, -0.05) is 30.3 Å². The summed E-state index contributed by atoms with van der Waals surface area (Å²) < 4.78 is 0. The lowest BCUT2D eigenvalue weighted by Gasteiger charge is -2.43. The molecule has 1 aromatic heterocycles. The Bertz CT molecular complexity index is 580. The lowest BCUT2D eigenvalue weighted by molar-refractivity contribution is 0.228. The Kier molecular flexibility index (Phi) is 3.81. The van der Waals surface area contributed by atoms with Crippen LogP contribution in [-0.4, -0.2) is 17.6 Å². The second-order valence-electron chi connectivity index (χ2n) is 5.35. The van der Waals surface area contributed by atoms with Crippen LogP contribution >= 0.6 is 11.3 Å². The number of nitriles is 1. The number of nitrogens with one attached hydrogen (secondary N) is 1. The van der Waals surface area contributed by atoms with Crippen molar-refractivity contribution in [2.45, 2.75) is 30.7 Å². The van der Waals surface area contributed by atoms with Gasteiger partial charge in [0.1, 0.15) is 0 Å². The molecular formula is C16H17N3S. The zero-order chi connectivity index (χ0) is 13.8. The summed E-state index contributed by atoms with van der Waals surface area (Å²) in [6, 6.07) is 13.1. The monoisotopic (exact) mass is 283 g/mol. The van der Waals surface area contributed by atoms with Crippen LogP contribution in [0, 0.1) is 11.3 Å². The van der Waals surface area contributed by atoms with Crippen molar-refractivity contribution < 1.29 is 0 Å². The number of hydrogen-bond donors (Lipinski definition) is 1. The van der Waals surface area contributed by atoms with E-state index in [0.29, 0.717) is 6.04 Å². The minimum atomic E-state index is -0.278. The van der Waals surface area contributed by atoms with Gasteiger partial charge in [0.05, 0.1) is 22.7 Å². The summed E-state index contributed by atoms with van der Waals surface area (Å²) in [4.78, 5) is 4.28. The SMILES string of the molecule is N#CC1(c2ccccc2)CC(NCCc2cscn2)C1. The third-order valence-electron chi connectivity index (χ3n) is 4.03. The number of nitrogens with zero attached hydrogens (tertiary/aromatic N) is 2. The predicted molar refractivity (Wildman–Crippen MR) is 80.6 cm³/mol. The van der Waals surface area contributed by atoms with E-state index in [0.717, 1.165) is 37.1 Å². The number of aromatic nitrogens is 1. The van der Waals surface area contributed by atoms with Crippen molar-refractivity contribution in [2.24, 2.45) is 0 Å². The van der Waals surface area contributed by atoms with E-state index in [2.05, 4.69) is 33.9 Å². The van der Waals surface area contributed by atoms with Gasteiger partial charge >= 0.3 is 0 Å². The molecule has 0 saturated heterocycles. The molecule has 0 atom stereocenters. The lowest BCUT2D eigenvalue weighted by atomic mass is 9.62. The summed E-state index contributed by atoms with van der Waals surface area (Å²) in [6.07, 6.45) is 2.78. The van der Waals surface area contributed by atoms with E-state index in [9.17, 15) is 5.26 Å². The Morgan fingerprint density at radius 1 is 1.35 bits per heavy atom. The van der Waals surface area contributed by atoms with E-state index >= 15 is 0 Å². The smallest absolute Gasteiger partial charge is 0.0852 e. The Balaban J connectivity index is 1.51. The molecule has 1 heterocycles. The number of rotatable bonds is 5. The van der Waals surface area contributed by atoms with Crippen LogP contribution in [0.3, 0.4) is 0 Å². The molecule has 102 valence electrons. The topological polar surface area (TPSA) is 48.7 Å². The van der Waals surface area contributed by atoms with Gasteiger partial charge in [-0.05, 0) is 18.4 Å². The fourth-order valence-corrected chi connectivity index (χ4v) is 3.43. The Morgan fingerprint density at radius 3 is 2.80 bits per heavy atom. The highest BCUT2D eigenvalue weighted by molar-refractivity contribution is 7.07. The minimum absolute atomic E-state index is 0.278. The van der Waals surface area contributed by atoms with Crippen molar-refractivity contribution in [3.05, 3.63) is 52.5 Å². The van der Waals surface area contributed by atoms with Gasteiger partial charge in [-0.15, -0.1) is 11.3 Å². The maximum atomic E-state index is 9.50. The summed E-state index contributed by atoms with van der Waals surface area (Å²) >= 11 is 1.64. The Hall–Kier alpha value is -1.70. The summed E-state index contributed by atoms with van der Waals surface area (Å²) in [6.45, 7) is 0.935. The third-order valence-corrected chi connectivity index (χ3v) is 4.66. The fourth-order valence-electron chi connectivity index (χ4n) is 2.84. The van der Waals surface area contributed by atoms with Gasteiger partial charge in [0.25, 0.3) is 0 Å². The largest absolute Gasteiger partial charge is 0.313 e. The van der Waals surface area contributed by atoms with Gasteiger partial charge in [-0.25, -0.2) is 4.98 Å². The molecule has 0 spiro atoms. The normalized spacial score (nSPS) is 24.9. The molecule has 2 aromatic rings. The quantitative estimate of drug-likeness (QED) is 0.918. The zero-order valence-electron chi connectivity index (χ0n) is 11.2. The van der Waals surface area contributed by atoms with Crippen molar-refractivity contribution in [3.8, 4) is 6.07 Å². The minimum Gasteiger partial charge on any atom is -0.313 e. The highest BCUT2D eigenvalue weighted by Crippen LogP contribution is 2.43. The van der Waals surface area contributed by atoms with E-state index in [-0.39, 0.29) is 5.41 Å². The summed E-state index contributed by atoms with van der Waals surface area (Å²) in [7, 11) is 0. The predicted octanol–water partition coefficient (Wildman–Crippen LogP) is 2.90. The summed E-state index contributed by atoms with van der Waals surface area (Å²) in [5.41, 5.74) is 3.89. The Labute approximate surface area is 123 Å². The van der Waals surface area contributed by atoms with Crippen molar-refractivity contribution in [1.82, 2.24) is 10.3 Å². The first-order valence-corrected chi connectivity index (χ1v) is 7.84. The van der Waals surface area contributed by atoms with Gasteiger partial charge < -0.3 is 5.32 Å². The Morgan fingerprint density at radius 2 is 2.15 bits per heavy atom. The standard InChI is InChI=1S/C16H17N3S/c17-11-16(13-4-2-1-3-5-13)8-15(9-16)18-7-6-14-10-20-12-19-14/h1-5,10,12,15,18H,6-9H2. The molecular weight excluding hydrogens is 266 g/mol. The molecule has 3 nitrogen and oxygen atoms in total. The van der Waals surface area contributed by atoms with Gasteiger partial charge in [-0.3, -0.25) is 0 Å². The number of thiazole rings is 1. The van der Waals surface area contributed by atoms with E-state index in [1.165, 1.54) is 0 Å². The third kappa shape index (κ3) is 2.60. The first kappa shape index (κ1) is 13.3. The molecule has 0 unspecified atom stereocenters. The van der Waals surface area contributed by atoms with Gasteiger partial charge in [0.15, 0.2) is 0 Å². The van der Waals surface area contributed by atoms with Crippen LogP contribution in [-0.2, 0) is 11.8 Å². The molecule has 1 N–H and O–H groups in total. The van der Waals surface area contributed by atoms with Crippen LogP contribution in [0.2, 0.25) is 0 Å². The van der Waals surface area contributed by atoms with E-state index < -0.39 is 0 Å². The highest BCUT2D eigenvalue weighted by atomic mass is 32.1. The average Bonchev–Trinajstić information content (AvgIpc) is 2.96. The fraction of sp³-hybridized carbons (Fsp3) is 0.375. The molecule has 4 heteroatoms. The molecule has 3 rings (SSSR count). The molecule has 1 aliphatic rings. The van der Waals surface area contributed by atoms with Crippen LogP contribution in [0.25, 0.3) is 0 Å². The zero-order valence-corrected chi connectivity index (χ0v) is 12.1. The van der Waals surface area contributed by atoms with Crippen LogP contribution in [0.15, 0.2) is 41.2 Å². The first-order chi connectivity index (χ1) is 9.82. The van der Waals surface area contributed by atoms with Crippen LogP contribution in [0.5, 0.6) is 0 Å². The average molecular weight is 283 g/mol. The maximum absolute atomic E-state index is 9.50. The first-order valence-electron chi connectivity index (χ1n) is 6.90. The molecule has 1 saturated carbocycles. The molecule has 0 amide bonds. The molecule has 0 radical (unpaired) electrons. The molecule has 0 aliphatic heterocycles. The second-order valence-corrected chi connectivity index (χ2v) is 6.07. The number of benzene rings is 1. The number of hydrogen-bond acceptors (Lipinski definition) is 4. The van der Waals surface area contributed by atoms with Crippen molar-refractivity contribution >= 4 is 11.3 Å². The van der Waals surface area contributed by atoms with Gasteiger partial charge in [-0.2, -0.15) is 5.26 Å². The summed E-state index contributed by atoms with van der Waals surface area (Å²) in [5.74, 6) is 0. The van der Waals surface area contributed by atoms with Crippen LogP contribution in [0.1, 0.15) is 24.1 Å². The van der Waals surface area contributed by atoms with Gasteiger partial charge in [0, 0.05) is 24.4 Å². The van der Waals surface area contributed by atoms with E-state index in [4.69, 9.17) is 0 Å². The van der Waals surface area contributed by atoms with E-state index in [1.807, 2.05) is 23.7 Å². The molecule has 0 bridgehead atoms.